The lowest BCUT2D eigenvalue weighted by Crippen LogP contribution is -2.25. The van der Waals surface area contributed by atoms with E-state index in [-0.39, 0.29) is 5.91 Å². The number of amides is 1. The van der Waals surface area contributed by atoms with Crippen LogP contribution in [0.5, 0.6) is 0 Å². The van der Waals surface area contributed by atoms with Gasteiger partial charge >= 0.3 is 0 Å². The molecule has 0 bridgehead atoms. The quantitative estimate of drug-likeness (QED) is 0.915. The molecule has 2 aromatic rings. The Bertz CT molecular complexity index is 573. The SMILES string of the molecule is CCCNC(=O)c1nn(C)c(-c2ccccc2)c1C. The summed E-state index contributed by atoms with van der Waals surface area (Å²) in [7, 11) is 1.87. The standard InChI is InChI=1S/C15H19N3O/c1-4-10-16-15(19)13-11(2)14(18(3)17-13)12-8-6-5-7-9-12/h5-9H,4,10H2,1-3H3,(H,16,19). The first-order chi connectivity index (χ1) is 9.15. The molecule has 1 heterocycles. The summed E-state index contributed by atoms with van der Waals surface area (Å²) < 4.78 is 1.77. The van der Waals surface area contributed by atoms with Crippen LogP contribution < -0.4 is 5.32 Å². The Labute approximate surface area is 113 Å². The molecular weight excluding hydrogens is 238 g/mol. The van der Waals surface area contributed by atoms with Crippen molar-refractivity contribution in [3.05, 3.63) is 41.6 Å². The first kappa shape index (κ1) is 13.3. The Morgan fingerprint density at radius 3 is 2.63 bits per heavy atom. The van der Waals surface area contributed by atoms with Crippen molar-refractivity contribution in [2.75, 3.05) is 6.54 Å². The lowest BCUT2D eigenvalue weighted by Gasteiger charge is -2.03. The van der Waals surface area contributed by atoms with Crippen LogP contribution in [0.25, 0.3) is 11.3 Å². The summed E-state index contributed by atoms with van der Waals surface area (Å²) in [6.07, 6.45) is 0.920. The van der Waals surface area contributed by atoms with Crippen molar-refractivity contribution in [1.82, 2.24) is 15.1 Å². The molecule has 4 heteroatoms. The van der Waals surface area contributed by atoms with E-state index in [4.69, 9.17) is 0 Å². The van der Waals surface area contributed by atoms with Crippen LogP contribution in [0.1, 0.15) is 29.4 Å². The first-order valence-corrected chi connectivity index (χ1v) is 6.52. The molecule has 0 fully saturated rings. The van der Waals surface area contributed by atoms with E-state index in [2.05, 4.69) is 10.4 Å². The fourth-order valence-electron chi connectivity index (χ4n) is 2.17. The zero-order valence-electron chi connectivity index (χ0n) is 11.6. The third-order valence-electron chi connectivity index (χ3n) is 3.08. The molecule has 0 aliphatic rings. The van der Waals surface area contributed by atoms with Crippen molar-refractivity contribution in [3.8, 4) is 11.3 Å². The number of rotatable bonds is 4. The lowest BCUT2D eigenvalue weighted by atomic mass is 10.1. The first-order valence-electron chi connectivity index (χ1n) is 6.52. The molecule has 0 atom stereocenters. The molecule has 4 nitrogen and oxygen atoms in total. The maximum atomic E-state index is 12.0. The highest BCUT2D eigenvalue weighted by molar-refractivity contribution is 5.95. The molecule has 0 unspecified atom stereocenters. The second-order valence-electron chi connectivity index (χ2n) is 4.57. The van der Waals surface area contributed by atoms with Crippen molar-refractivity contribution in [1.29, 1.82) is 0 Å². The van der Waals surface area contributed by atoms with Gasteiger partial charge in [-0.05, 0) is 13.3 Å². The Kier molecular flexibility index (Phi) is 4.00. The number of aryl methyl sites for hydroxylation is 1. The summed E-state index contributed by atoms with van der Waals surface area (Å²) >= 11 is 0. The number of nitrogens with zero attached hydrogens (tertiary/aromatic N) is 2. The van der Waals surface area contributed by atoms with Crippen LogP contribution in [-0.2, 0) is 7.05 Å². The van der Waals surface area contributed by atoms with Crippen LogP contribution in [0.4, 0.5) is 0 Å². The predicted molar refractivity (Wildman–Crippen MR) is 76.0 cm³/mol. The average Bonchev–Trinajstić information content (AvgIpc) is 2.72. The zero-order valence-corrected chi connectivity index (χ0v) is 11.6. The molecule has 1 N–H and O–H groups in total. The minimum atomic E-state index is -0.0999. The number of aromatic nitrogens is 2. The van der Waals surface area contributed by atoms with Gasteiger partial charge in [-0.3, -0.25) is 9.48 Å². The molecule has 100 valence electrons. The normalized spacial score (nSPS) is 10.5. The van der Waals surface area contributed by atoms with Gasteiger partial charge in [0, 0.05) is 24.7 Å². The van der Waals surface area contributed by atoms with Crippen molar-refractivity contribution >= 4 is 5.91 Å². The van der Waals surface area contributed by atoms with Crippen molar-refractivity contribution in [3.63, 3.8) is 0 Å². The van der Waals surface area contributed by atoms with E-state index in [0.29, 0.717) is 12.2 Å². The van der Waals surface area contributed by atoms with Crippen LogP contribution in [0.3, 0.4) is 0 Å². The van der Waals surface area contributed by atoms with Gasteiger partial charge in [0.05, 0.1) is 5.69 Å². The summed E-state index contributed by atoms with van der Waals surface area (Å²) in [5, 5.41) is 7.21. The molecule has 0 spiro atoms. The molecule has 1 amide bonds. The summed E-state index contributed by atoms with van der Waals surface area (Å²) in [6.45, 7) is 4.65. The van der Waals surface area contributed by atoms with E-state index in [1.807, 2.05) is 51.2 Å². The molecule has 2 rings (SSSR count). The van der Waals surface area contributed by atoms with Gasteiger partial charge < -0.3 is 5.32 Å². The molecule has 1 aromatic heterocycles. The summed E-state index contributed by atoms with van der Waals surface area (Å²) in [5.74, 6) is -0.0999. The third kappa shape index (κ3) is 2.67. The highest BCUT2D eigenvalue weighted by atomic mass is 16.1. The Hall–Kier alpha value is -2.10. The van der Waals surface area contributed by atoms with E-state index >= 15 is 0 Å². The van der Waals surface area contributed by atoms with Gasteiger partial charge in [-0.1, -0.05) is 37.3 Å². The van der Waals surface area contributed by atoms with E-state index in [0.717, 1.165) is 23.2 Å². The Balaban J connectivity index is 2.38. The lowest BCUT2D eigenvalue weighted by molar-refractivity contribution is 0.0947. The zero-order chi connectivity index (χ0) is 13.8. The highest BCUT2D eigenvalue weighted by Crippen LogP contribution is 2.24. The van der Waals surface area contributed by atoms with Crippen molar-refractivity contribution in [2.24, 2.45) is 7.05 Å². The number of nitrogens with one attached hydrogen (secondary N) is 1. The van der Waals surface area contributed by atoms with Crippen molar-refractivity contribution < 1.29 is 4.79 Å². The van der Waals surface area contributed by atoms with Gasteiger partial charge in [0.25, 0.3) is 5.91 Å². The number of benzene rings is 1. The van der Waals surface area contributed by atoms with E-state index in [1.165, 1.54) is 0 Å². The van der Waals surface area contributed by atoms with Crippen LogP contribution in [0.2, 0.25) is 0 Å². The minimum Gasteiger partial charge on any atom is -0.351 e. The second-order valence-corrected chi connectivity index (χ2v) is 4.57. The minimum absolute atomic E-state index is 0.0999. The molecule has 0 aliphatic carbocycles. The van der Waals surface area contributed by atoms with Gasteiger partial charge in [0.1, 0.15) is 0 Å². The molecule has 1 aromatic carbocycles. The van der Waals surface area contributed by atoms with Gasteiger partial charge in [-0.2, -0.15) is 5.10 Å². The monoisotopic (exact) mass is 257 g/mol. The third-order valence-corrected chi connectivity index (χ3v) is 3.08. The van der Waals surface area contributed by atoms with Crippen LogP contribution in [0, 0.1) is 6.92 Å². The van der Waals surface area contributed by atoms with E-state index in [1.54, 1.807) is 4.68 Å². The summed E-state index contributed by atoms with van der Waals surface area (Å²) in [4.78, 5) is 12.0. The molecule has 19 heavy (non-hydrogen) atoms. The maximum Gasteiger partial charge on any atom is 0.272 e. The number of hydrogen-bond donors (Lipinski definition) is 1. The summed E-state index contributed by atoms with van der Waals surface area (Å²) in [5.41, 5.74) is 3.49. The molecular formula is C15H19N3O. The fraction of sp³-hybridized carbons (Fsp3) is 0.333. The van der Waals surface area contributed by atoms with Gasteiger partial charge in [-0.25, -0.2) is 0 Å². The number of hydrogen-bond acceptors (Lipinski definition) is 2. The number of carbonyl (C=O) groups is 1. The van der Waals surface area contributed by atoms with E-state index in [9.17, 15) is 4.79 Å². The van der Waals surface area contributed by atoms with E-state index < -0.39 is 0 Å². The van der Waals surface area contributed by atoms with Crippen LogP contribution in [-0.4, -0.2) is 22.2 Å². The Morgan fingerprint density at radius 2 is 2.00 bits per heavy atom. The largest absolute Gasteiger partial charge is 0.351 e. The average molecular weight is 257 g/mol. The second kappa shape index (κ2) is 5.69. The summed E-state index contributed by atoms with van der Waals surface area (Å²) in [6, 6.07) is 10.00. The van der Waals surface area contributed by atoms with Crippen molar-refractivity contribution in [2.45, 2.75) is 20.3 Å². The van der Waals surface area contributed by atoms with Gasteiger partial charge in [0.15, 0.2) is 5.69 Å². The van der Waals surface area contributed by atoms with Gasteiger partial charge in [-0.15, -0.1) is 0 Å². The fourth-order valence-corrected chi connectivity index (χ4v) is 2.17. The number of carbonyl (C=O) groups excluding carboxylic acids is 1. The maximum absolute atomic E-state index is 12.0. The predicted octanol–water partition coefficient (Wildman–Crippen LogP) is 2.54. The molecule has 0 saturated carbocycles. The topological polar surface area (TPSA) is 46.9 Å². The van der Waals surface area contributed by atoms with Crippen LogP contribution in [0.15, 0.2) is 30.3 Å². The smallest absolute Gasteiger partial charge is 0.272 e. The molecule has 0 aliphatic heterocycles. The highest BCUT2D eigenvalue weighted by Gasteiger charge is 2.18. The van der Waals surface area contributed by atoms with Gasteiger partial charge in [0.2, 0.25) is 0 Å². The van der Waals surface area contributed by atoms with Crippen LogP contribution >= 0.6 is 0 Å². The molecule has 0 saturated heterocycles. The molecule has 0 radical (unpaired) electrons. The Morgan fingerprint density at radius 1 is 1.32 bits per heavy atom.